The van der Waals surface area contributed by atoms with Gasteiger partial charge in [-0.3, -0.25) is 4.98 Å². The molecule has 0 atom stereocenters. The molecule has 0 saturated carbocycles. The number of hydrogen-bond acceptors (Lipinski definition) is 9. The van der Waals surface area contributed by atoms with Gasteiger partial charge in [0, 0.05) is 47.5 Å². The van der Waals surface area contributed by atoms with E-state index in [0.717, 1.165) is 29.7 Å². The van der Waals surface area contributed by atoms with Gasteiger partial charge in [-0.25, -0.2) is 14.5 Å². The highest BCUT2D eigenvalue weighted by Gasteiger charge is 2.13. The van der Waals surface area contributed by atoms with Gasteiger partial charge in [-0.05, 0) is 61.8 Å². The molecule has 4 aromatic rings. The van der Waals surface area contributed by atoms with Crippen LogP contribution in [0.15, 0.2) is 42.9 Å². The maximum absolute atomic E-state index is 13.5. The van der Waals surface area contributed by atoms with Crippen molar-refractivity contribution >= 4 is 29.1 Å². The van der Waals surface area contributed by atoms with E-state index in [1.807, 2.05) is 20.2 Å². The van der Waals surface area contributed by atoms with Crippen molar-refractivity contribution in [2.75, 3.05) is 37.8 Å². The maximum Gasteiger partial charge on any atom is 0.229 e. The van der Waals surface area contributed by atoms with Gasteiger partial charge < -0.3 is 15.5 Å². The molecule has 1 aromatic carbocycles. The topological polar surface area (TPSA) is 120 Å². The molecule has 33 heavy (non-hydrogen) atoms. The van der Waals surface area contributed by atoms with Gasteiger partial charge in [-0.2, -0.15) is 4.98 Å². The van der Waals surface area contributed by atoms with E-state index in [9.17, 15) is 4.39 Å². The first-order valence-electron chi connectivity index (χ1n) is 10.2. The van der Waals surface area contributed by atoms with Gasteiger partial charge in [0.1, 0.15) is 11.6 Å². The second-order valence-corrected chi connectivity index (χ2v) is 7.91. The number of aromatic amines is 1. The molecule has 10 nitrogen and oxygen atoms in total. The van der Waals surface area contributed by atoms with E-state index in [-0.39, 0.29) is 5.02 Å². The fourth-order valence-electron chi connectivity index (χ4n) is 3.09. The number of nitrogens with zero attached hydrogens (tertiary/aromatic N) is 7. The summed E-state index contributed by atoms with van der Waals surface area (Å²) in [4.78, 5) is 15.5. The van der Waals surface area contributed by atoms with E-state index in [1.165, 1.54) is 12.1 Å². The molecule has 3 N–H and O–H groups in total. The zero-order valence-electron chi connectivity index (χ0n) is 18.0. The average molecular weight is 469 g/mol. The number of H-pyrrole nitrogens is 1. The summed E-state index contributed by atoms with van der Waals surface area (Å²) in [5, 5.41) is 20.4. The second kappa shape index (κ2) is 10.3. The number of benzene rings is 1. The van der Waals surface area contributed by atoms with E-state index in [0.29, 0.717) is 29.8 Å². The van der Waals surface area contributed by atoms with Gasteiger partial charge in [0.15, 0.2) is 5.82 Å². The first-order chi connectivity index (χ1) is 16.0. The standard InChI is InChI=1S/C21H22ClFN10/c1-33(2)7-3-6-25-20-16(13-8-14(11-24-10-13)19-29-31-32-30-19)12-26-21(28-20)27-15-4-5-18(23)17(22)9-15/h4-5,8-12H,3,6-7H2,1-2H3,(H2,25,26,27,28)(H,29,30,31,32). The molecule has 0 radical (unpaired) electrons. The molecular weight excluding hydrogens is 447 g/mol. The molecule has 170 valence electrons. The number of aromatic nitrogens is 7. The highest BCUT2D eigenvalue weighted by atomic mass is 35.5. The predicted octanol–water partition coefficient (Wildman–Crippen LogP) is 3.62. The summed E-state index contributed by atoms with van der Waals surface area (Å²) in [5.74, 6) is 1.00. The van der Waals surface area contributed by atoms with Crippen LogP contribution in [0.1, 0.15) is 6.42 Å². The molecule has 0 fully saturated rings. The van der Waals surface area contributed by atoms with Crippen LogP contribution in [0.3, 0.4) is 0 Å². The number of tetrazole rings is 1. The van der Waals surface area contributed by atoms with Crippen LogP contribution in [0.4, 0.5) is 21.8 Å². The maximum atomic E-state index is 13.5. The molecule has 3 aromatic heterocycles. The minimum absolute atomic E-state index is 0.0171. The molecule has 0 spiro atoms. The molecule has 0 aliphatic heterocycles. The molecule has 0 aliphatic rings. The lowest BCUT2D eigenvalue weighted by atomic mass is 10.1. The SMILES string of the molecule is CN(C)CCCNc1nc(Nc2ccc(F)c(Cl)c2)ncc1-c1cncc(-c2nnn[nH]2)c1. The van der Waals surface area contributed by atoms with E-state index in [2.05, 4.69) is 51.1 Å². The number of pyridine rings is 1. The quantitative estimate of drug-likeness (QED) is 0.316. The Balaban J connectivity index is 1.63. The fraction of sp³-hybridized carbons (Fsp3) is 0.238. The molecule has 0 amide bonds. The number of halogens is 2. The molecule has 12 heteroatoms. The highest BCUT2D eigenvalue weighted by molar-refractivity contribution is 6.31. The first kappa shape index (κ1) is 22.5. The lowest BCUT2D eigenvalue weighted by molar-refractivity contribution is 0.405. The predicted molar refractivity (Wildman–Crippen MR) is 125 cm³/mol. The average Bonchev–Trinajstić information content (AvgIpc) is 3.34. The smallest absolute Gasteiger partial charge is 0.229 e. The fourth-order valence-corrected chi connectivity index (χ4v) is 3.27. The van der Waals surface area contributed by atoms with Crippen molar-refractivity contribution in [3.8, 4) is 22.5 Å². The Morgan fingerprint density at radius 1 is 1.12 bits per heavy atom. The lowest BCUT2D eigenvalue weighted by Gasteiger charge is -2.15. The Bertz CT molecular complexity index is 1220. The summed E-state index contributed by atoms with van der Waals surface area (Å²) < 4.78 is 13.5. The van der Waals surface area contributed by atoms with E-state index in [1.54, 1.807) is 24.7 Å². The second-order valence-electron chi connectivity index (χ2n) is 7.51. The minimum atomic E-state index is -0.490. The summed E-state index contributed by atoms with van der Waals surface area (Å²) in [6, 6.07) is 6.25. The van der Waals surface area contributed by atoms with Crippen LogP contribution in [0.2, 0.25) is 5.02 Å². The molecule has 0 bridgehead atoms. The largest absolute Gasteiger partial charge is 0.369 e. The van der Waals surface area contributed by atoms with Crippen LogP contribution in [-0.2, 0) is 0 Å². The Morgan fingerprint density at radius 3 is 2.73 bits per heavy atom. The van der Waals surface area contributed by atoms with E-state index in [4.69, 9.17) is 11.6 Å². The molecule has 3 heterocycles. The zero-order valence-corrected chi connectivity index (χ0v) is 18.8. The number of hydrogen-bond donors (Lipinski definition) is 3. The number of anilines is 3. The van der Waals surface area contributed by atoms with Gasteiger partial charge in [0.2, 0.25) is 5.95 Å². The third kappa shape index (κ3) is 5.76. The van der Waals surface area contributed by atoms with Crippen molar-refractivity contribution in [1.29, 1.82) is 0 Å². The third-order valence-corrected chi connectivity index (χ3v) is 5.00. The monoisotopic (exact) mass is 468 g/mol. The summed E-state index contributed by atoms with van der Waals surface area (Å²) in [6.45, 7) is 1.64. The van der Waals surface area contributed by atoms with Crippen LogP contribution in [-0.4, -0.2) is 67.7 Å². The summed E-state index contributed by atoms with van der Waals surface area (Å²) in [6.07, 6.45) is 6.03. The van der Waals surface area contributed by atoms with Crippen molar-refractivity contribution < 1.29 is 4.39 Å². The van der Waals surface area contributed by atoms with Crippen LogP contribution >= 0.6 is 11.6 Å². The summed E-state index contributed by atoms with van der Waals surface area (Å²) in [5.41, 5.74) is 2.88. The molecule has 4 rings (SSSR count). The third-order valence-electron chi connectivity index (χ3n) is 4.71. The molecule has 0 saturated heterocycles. The van der Waals surface area contributed by atoms with Crippen LogP contribution in [0.5, 0.6) is 0 Å². The van der Waals surface area contributed by atoms with Crippen LogP contribution in [0.25, 0.3) is 22.5 Å². The van der Waals surface area contributed by atoms with Crippen molar-refractivity contribution in [1.82, 2.24) is 40.5 Å². The van der Waals surface area contributed by atoms with E-state index < -0.39 is 5.82 Å². The Morgan fingerprint density at radius 2 is 1.97 bits per heavy atom. The Labute approximate surface area is 194 Å². The zero-order chi connectivity index (χ0) is 23.2. The Kier molecular flexibility index (Phi) is 7.01. The number of nitrogens with one attached hydrogen (secondary N) is 3. The minimum Gasteiger partial charge on any atom is -0.369 e. The van der Waals surface area contributed by atoms with Gasteiger partial charge in [-0.1, -0.05) is 11.6 Å². The summed E-state index contributed by atoms with van der Waals surface area (Å²) in [7, 11) is 4.06. The molecule has 0 unspecified atom stereocenters. The summed E-state index contributed by atoms with van der Waals surface area (Å²) >= 11 is 5.89. The van der Waals surface area contributed by atoms with Crippen molar-refractivity contribution in [2.45, 2.75) is 6.42 Å². The molecular formula is C21H22ClFN10. The van der Waals surface area contributed by atoms with Crippen molar-refractivity contribution in [3.05, 3.63) is 53.7 Å². The van der Waals surface area contributed by atoms with Crippen LogP contribution in [0, 0.1) is 5.82 Å². The van der Waals surface area contributed by atoms with E-state index >= 15 is 0 Å². The van der Waals surface area contributed by atoms with Gasteiger partial charge in [-0.15, -0.1) is 5.10 Å². The lowest BCUT2D eigenvalue weighted by Crippen LogP contribution is -2.17. The molecule has 0 aliphatic carbocycles. The first-order valence-corrected chi connectivity index (χ1v) is 10.5. The normalized spacial score (nSPS) is 11.1. The highest BCUT2D eigenvalue weighted by Crippen LogP contribution is 2.29. The number of rotatable bonds is 9. The van der Waals surface area contributed by atoms with Crippen molar-refractivity contribution in [3.63, 3.8) is 0 Å². The Hall–Kier alpha value is -3.70. The van der Waals surface area contributed by atoms with Gasteiger partial charge in [0.05, 0.1) is 5.02 Å². The van der Waals surface area contributed by atoms with Gasteiger partial charge in [0.25, 0.3) is 0 Å². The van der Waals surface area contributed by atoms with Crippen molar-refractivity contribution in [2.24, 2.45) is 0 Å². The van der Waals surface area contributed by atoms with Gasteiger partial charge >= 0.3 is 0 Å². The van der Waals surface area contributed by atoms with Crippen LogP contribution < -0.4 is 10.6 Å².